The Morgan fingerprint density at radius 1 is 1.12 bits per heavy atom. The number of pyridine rings is 1. The van der Waals surface area contributed by atoms with Crippen molar-refractivity contribution in [2.75, 3.05) is 25.5 Å². The normalized spacial score (nSPS) is 11.1. The molecule has 2 N–H and O–H groups in total. The van der Waals surface area contributed by atoms with Crippen LogP contribution in [0.2, 0.25) is 0 Å². The van der Waals surface area contributed by atoms with E-state index in [9.17, 15) is 18.0 Å². The minimum absolute atomic E-state index is 0.276. The standard InChI is InChI=1S/C21H21F3N4O3S/c1-30-18-9-14(3-5-17(18)31-11-16-12-32-13-28-16)20(29)26-8-2-7-25-19-6-4-15(10-27-19)21(22,23)24/h3-6,9-10,12-13H,2,7-8,11H2,1H3,(H,25,27)(H,26,29). The minimum Gasteiger partial charge on any atom is -0.493 e. The molecule has 0 unspecified atom stereocenters. The van der Waals surface area contributed by atoms with Crippen LogP contribution in [0, 0.1) is 0 Å². The Morgan fingerprint density at radius 2 is 1.97 bits per heavy atom. The maximum atomic E-state index is 12.5. The average Bonchev–Trinajstić information content (AvgIpc) is 3.30. The fraction of sp³-hybridized carbons (Fsp3) is 0.286. The van der Waals surface area contributed by atoms with Crippen molar-refractivity contribution >= 4 is 23.1 Å². The molecule has 3 aromatic rings. The zero-order valence-corrected chi connectivity index (χ0v) is 17.9. The van der Waals surface area contributed by atoms with Crippen molar-refractivity contribution in [3.63, 3.8) is 0 Å². The van der Waals surface area contributed by atoms with Crippen molar-refractivity contribution in [2.24, 2.45) is 0 Å². The van der Waals surface area contributed by atoms with Crippen LogP contribution in [-0.4, -0.2) is 36.1 Å². The van der Waals surface area contributed by atoms with Gasteiger partial charge in [0.25, 0.3) is 5.91 Å². The van der Waals surface area contributed by atoms with Crippen molar-refractivity contribution in [3.8, 4) is 11.5 Å². The molecule has 1 aromatic carbocycles. The smallest absolute Gasteiger partial charge is 0.417 e. The first-order valence-corrected chi connectivity index (χ1v) is 10.5. The van der Waals surface area contributed by atoms with Gasteiger partial charge in [0.05, 0.1) is 23.9 Å². The summed E-state index contributed by atoms with van der Waals surface area (Å²) in [6.45, 7) is 1.11. The molecular formula is C21H21F3N4O3S. The number of thiazole rings is 1. The van der Waals surface area contributed by atoms with Gasteiger partial charge in [0.1, 0.15) is 12.4 Å². The number of nitrogens with one attached hydrogen (secondary N) is 2. The van der Waals surface area contributed by atoms with Crippen molar-refractivity contribution in [3.05, 3.63) is 64.2 Å². The molecule has 0 saturated heterocycles. The van der Waals surface area contributed by atoms with Crippen molar-refractivity contribution < 1.29 is 27.4 Å². The third-order valence-corrected chi connectivity index (χ3v) is 4.96. The van der Waals surface area contributed by atoms with Gasteiger partial charge in [-0.25, -0.2) is 9.97 Å². The monoisotopic (exact) mass is 466 g/mol. The van der Waals surface area contributed by atoms with Gasteiger partial charge < -0.3 is 20.1 Å². The van der Waals surface area contributed by atoms with Crippen molar-refractivity contribution in [1.82, 2.24) is 15.3 Å². The van der Waals surface area contributed by atoms with Gasteiger partial charge in [-0.3, -0.25) is 4.79 Å². The molecule has 1 amide bonds. The molecule has 0 radical (unpaired) electrons. The summed E-state index contributed by atoms with van der Waals surface area (Å²) in [7, 11) is 1.49. The fourth-order valence-electron chi connectivity index (χ4n) is 2.66. The Kier molecular flexibility index (Phi) is 7.87. The largest absolute Gasteiger partial charge is 0.493 e. The van der Waals surface area contributed by atoms with Crippen LogP contribution in [0.5, 0.6) is 11.5 Å². The highest BCUT2D eigenvalue weighted by Gasteiger charge is 2.30. The SMILES string of the molecule is COc1cc(C(=O)NCCCNc2ccc(C(F)(F)F)cn2)ccc1OCc1cscn1. The van der Waals surface area contributed by atoms with Gasteiger partial charge in [-0.05, 0) is 36.8 Å². The van der Waals surface area contributed by atoms with Crippen LogP contribution in [0.25, 0.3) is 0 Å². The number of anilines is 1. The molecular weight excluding hydrogens is 445 g/mol. The van der Waals surface area contributed by atoms with E-state index in [0.717, 1.165) is 18.0 Å². The third kappa shape index (κ3) is 6.58. The molecule has 11 heteroatoms. The van der Waals surface area contributed by atoms with Gasteiger partial charge in [-0.1, -0.05) is 0 Å². The number of carbonyl (C=O) groups excluding carboxylic acids is 1. The van der Waals surface area contributed by atoms with Crippen LogP contribution in [-0.2, 0) is 12.8 Å². The van der Waals surface area contributed by atoms with Crippen molar-refractivity contribution in [1.29, 1.82) is 0 Å². The van der Waals surface area contributed by atoms with Gasteiger partial charge in [-0.15, -0.1) is 11.3 Å². The maximum Gasteiger partial charge on any atom is 0.417 e. The van der Waals surface area contributed by atoms with Crippen LogP contribution in [0.4, 0.5) is 19.0 Å². The Bertz CT molecular complexity index is 1010. The molecule has 0 bridgehead atoms. The number of rotatable bonds is 10. The maximum absolute atomic E-state index is 12.5. The Hall–Kier alpha value is -3.34. The van der Waals surface area contributed by atoms with E-state index in [4.69, 9.17) is 9.47 Å². The second kappa shape index (κ2) is 10.8. The number of carbonyl (C=O) groups is 1. The summed E-state index contributed by atoms with van der Waals surface area (Å²) < 4.78 is 48.6. The first-order valence-electron chi connectivity index (χ1n) is 9.60. The average molecular weight is 466 g/mol. The van der Waals surface area contributed by atoms with E-state index in [1.165, 1.54) is 24.5 Å². The molecule has 0 aliphatic heterocycles. The topological polar surface area (TPSA) is 85.4 Å². The lowest BCUT2D eigenvalue weighted by Crippen LogP contribution is -2.26. The van der Waals surface area contributed by atoms with Gasteiger partial charge in [0.2, 0.25) is 0 Å². The number of halogens is 3. The summed E-state index contributed by atoms with van der Waals surface area (Å²) in [6.07, 6.45) is -3.08. The van der Waals surface area contributed by atoms with Gasteiger partial charge in [0.15, 0.2) is 11.5 Å². The second-order valence-electron chi connectivity index (χ2n) is 6.60. The van der Waals surface area contributed by atoms with E-state index in [1.807, 2.05) is 5.38 Å². The molecule has 0 fully saturated rings. The molecule has 2 aromatic heterocycles. The van der Waals surface area contributed by atoms with Crippen LogP contribution in [0.1, 0.15) is 28.0 Å². The first-order chi connectivity index (χ1) is 15.4. The van der Waals surface area contributed by atoms with E-state index >= 15 is 0 Å². The number of amides is 1. The van der Waals surface area contributed by atoms with E-state index in [1.54, 1.807) is 23.7 Å². The molecule has 32 heavy (non-hydrogen) atoms. The Morgan fingerprint density at radius 3 is 2.62 bits per heavy atom. The lowest BCUT2D eigenvalue weighted by atomic mass is 10.2. The molecule has 0 atom stereocenters. The highest BCUT2D eigenvalue weighted by Crippen LogP contribution is 2.29. The second-order valence-corrected chi connectivity index (χ2v) is 7.32. The van der Waals surface area contributed by atoms with E-state index in [-0.39, 0.29) is 5.91 Å². The zero-order chi connectivity index (χ0) is 23.0. The number of benzene rings is 1. The predicted octanol–water partition coefficient (Wildman–Crippen LogP) is 4.38. The molecule has 0 spiro atoms. The number of alkyl halides is 3. The summed E-state index contributed by atoms with van der Waals surface area (Å²) >= 11 is 1.48. The minimum atomic E-state index is -4.41. The Balaban J connectivity index is 1.43. The Labute approximate surface area is 186 Å². The summed E-state index contributed by atoms with van der Waals surface area (Å²) in [5, 5.41) is 7.59. The van der Waals surface area contributed by atoms with Gasteiger partial charge in [0, 0.05) is 30.2 Å². The van der Waals surface area contributed by atoms with Crippen LogP contribution in [0.3, 0.4) is 0 Å². The highest BCUT2D eigenvalue weighted by atomic mass is 32.1. The molecule has 2 heterocycles. The molecule has 3 rings (SSSR count). The fourth-order valence-corrected chi connectivity index (χ4v) is 3.21. The summed E-state index contributed by atoms with van der Waals surface area (Å²) in [6, 6.07) is 7.13. The van der Waals surface area contributed by atoms with Crippen LogP contribution in [0.15, 0.2) is 47.4 Å². The number of hydrogen-bond acceptors (Lipinski definition) is 7. The molecule has 0 aliphatic rings. The van der Waals surface area contributed by atoms with E-state index in [2.05, 4.69) is 20.6 Å². The molecule has 170 valence electrons. The first kappa shape index (κ1) is 23.3. The highest BCUT2D eigenvalue weighted by molar-refractivity contribution is 7.07. The summed E-state index contributed by atoms with van der Waals surface area (Å²) in [4.78, 5) is 20.3. The third-order valence-electron chi connectivity index (χ3n) is 4.32. The molecule has 7 nitrogen and oxygen atoms in total. The summed E-state index contributed by atoms with van der Waals surface area (Å²) in [5.74, 6) is 0.998. The molecule has 0 saturated carbocycles. The van der Waals surface area contributed by atoms with E-state index < -0.39 is 11.7 Å². The summed E-state index contributed by atoms with van der Waals surface area (Å²) in [5.41, 5.74) is 2.14. The number of hydrogen-bond donors (Lipinski definition) is 2. The van der Waals surface area contributed by atoms with Crippen LogP contribution < -0.4 is 20.1 Å². The van der Waals surface area contributed by atoms with E-state index in [0.29, 0.717) is 49.0 Å². The quantitative estimate of drug-likeness (QED) is 0.432. The number of nitrogens with zero attached hydrogens (tertiary/aromatic N) is 2. The van der Waals surface area contributed by atoms with Crippen molar-refractivity contribution in [2.45, 2.75) is 19.2 Å². The predicted molar refractivity (Wildman–Crippen MR) is 114 cm³/mol. The lowest BCUT2D eigenvalue weighted by molar-refractivity contribution is -0.137. The number of aromatic nitrogens is 2. The number of methoxy groups -OCH3 is 1. The van der Waals surface area contributed by atoms with Gasteiger partial charge in [-0.2, -0.15) is 13.2 Å². The van der Waals surface area contributed by atoms with Crippen LogP contribution >= 0.6 is 11.3 Å². The number of ether oxygens (including phenoxy) is 2. The lowest BCUT2D eigenvalue weighted by Gasteiger charge is -2.12. The molecule has 0 aliphatic carbocycles. The van der Waals surface area contributed by atoms with Gasteiger partial charge >= 0.3 is 6.18 Å². The zero-order valence-electron chi connectivity index (χ0n) is 17.1.